The number of hydrogen-bond acceptors (Lipinski definition) is 2. The Balaban J connectivity index is 1.83. The van der Waals surface area contributed by atoms with E-state index in [0.29, 0.717) is 24.8 Å². The lowest BCUT2D eigenvalue weighted by atomic mass is 9.68. The van der Waals surface area contributed by atoms with E-state index in [2.05, 4.69) is 20.9 Å². The molecule has 4 rings (SSSR count). The van der Waals surface area contributed by atoms with Gasteiger partial charge in [-0.15, -0.1) is 0 Å². The summed E-state index contributed by atoms with van der Waals surface area (Å²) in [4.78, 5) is 4.13. The fourth-order valence-electron chi connectivity index (χ4n) is 4.12. The van der Waals surface area contributed by atoms with E-state index in [1.54, 1.807) is 6.07 Å². The second kappa shape index (κ2) is 5.49. The molecular weight excluding hydrogens is 374 g/mol. The van der Waals surface area contributed by atoms with Gasteiger partial charge in [0.05, 0.1) is 5.71 Å². The van der Waals surface area contributed by atoms with Crippen LogP contribution in [0.5, 0.6) is 0 Å². The number of nitrogens with zero attached hydrogens (tertiary/aromatic N) is 2. The molecule has 1 atom stereocenters. The maximum atomic E-state index is 14.1. The molecule has 0 amide bonds. The summed E-state index contributed by atoms with van der Waals surface area (Å²) in [5.41, 5.74) is 3.88. The van der Waals surface area contributed by atoms with Crippen LogP contribution in [0.25, 0.3) is 0 Å². The van der Waals surface area contributed by atoms with Crippen LogP contribution in [0.4, 0.5) is 8.78 Å². The van der Waals surface area contributed by atoms with Crippen molar-refractivity contribution in [1.29, 1.82) is 5.26 Å². The molecule has 0 aliphatic heterocycles. The average Bonchev–Trinajstić information content (AvgIpc) is 2.85. The molecule has 0 heterocycles. The van der Waals surface area contributed by atoms with Gasteiger partial charge in [0.15, 0.2) is 11.6 Å². The number of hydrogen-bond donors (Lipinski definition) is 0. The first-order chi connectivity index (χ1) is 11.5. The molecule has 2 aliphatic carbocycles. The van der Waals surface area contributed by atoms with Gasteiger partial charge < -0.3 is 0 Å². The Morgan fingerprint density at radius 2 is 1.88 bits per heavy atom. The summed E-state index contributed by atoms with van der Waals surface area (Å²) < 4.78 is 28.5. The Bertz CT molecular complexity index is 930. The summed E-state index contributed by atoms with van der Waals surface area (Å²) in [6.07, 6.45) is 4.39. The van der Waals surface area contributed by atoms with Gasteiger partial charge in [0.25, 0.3) is 0 Å². The maximum absolute atomic E-state index is 14.1. The van der Waals surface area contributed by atoms with Gasteiger partial charge in [-0.2, -0.15) is 10.3 Å². The third-order valence-corrected chi connectivity index (χ3v) is 5.69. The molecule has 5 heteroatoms. The quantitative estimate of drug-likeness (QED) is 0.602. The van der Waals surface area contributed by atoms with E-state index in [1.807, 2.05) is 24.4 Å². The first kappa shape index (κ1) is 15.5. The molecule has 2 aromatic carbocycles. The summed E-state index contributed by atoms with van der Waals surface area (Å²) >= 11 is 3.47. The molecule has 1 unspecified atom stereocenters. The van der Waals surface area contributed by atoms with Gasteiger partial charge in [-0.1, -0.05) is 28.1 Å². The minimum Gasteiger partial charge on any atom is -0.204 e. The smallest absolute Gasteiger partial charge is 0.204 e. The molecule has 2 aliphatic rings. The molecule has 0 saturated heterocycles. The Hall–Kier alpha value is -2.06. The highest BCUT2D eigenvalue weighted by molar-refractivity contribution is 9.10. The third-order valence-electron chi connectivity index (χ3n) is 5.20. The second-order valence-electron chi connectivity index (χ2n) is 6.49. The number of fused-ring (bicyclic) bond motifs is 2. The summed E-state index contributed by atoms with van der Waals surface area (Å²) in [7, 11) is 0. The zero-order valence-electron chi connectivity index (χ0n) is 12.7. The summed E-state index contributed by atoms with van der Waals surface area (Å²) in [6.45, 7) is 0. The predicted molar refractivity (Wildman–Crippen MR) is 90.8 cm³/mol. The SMILES string of the molecule is N#CN=C1c2cc(Br)ccc2CC12CCc1c(ccc(F)c1F)C2. The molecule has 0 radical (unpaired) electrons. The van der Waals surface area contributed by atoms with Crippen molar-refractivity contribution in [1.82, 2.24) is 0 Å². The van der Waals surface area contributed by atoms with E-state index in [4.69, 9.17) is 5.26 Å². The molecule has 24 heavy (non-hydrogen) atoms. The van der Waals surface area contributed by atoms with Crippen LogP contribution in [0.3, 0.4) is 0 Å². The van der Waals surface area contributed by atoms with E-state index in [-0.39, 0.29) is 5.41 Å². The van der Waals surface area contributed by atoms with Crippen LogP contribution >= 0.6 is 15.9 Å². The first-order valence-corrected chi connectivity index (χ1v) is 8.55. The van der Waals surface area contributed by atoms with Crippen LogP contribution in [0.1, 0.15) is 28.7 Å². The van der Waals surface area contributed by atoms with Crippen LogP contribution in [0.15, 0.2) is 39.8 Å². The van der Waals surface area contributed by atoms with Gasteiger partial charge >= 0.3 is 0 Å². The molecule has 0 N–H and O–H groups in total. The monoisotopic (exact) mass is 386 g/mol. The fraction of sp³-hybridized carbons (Fsp3) is 0.263. The lowest BCUT2D eigenvalue weighted by molar-refractivity contribution is 0.362. The average molecular weight is 387 g/mol. The number of nitriles is 1. The highest BCUT2D eigenvalue weighted by Gasteiger charge is 2.46. The zero-order valence-corrected chi connectivity index (χ0v) is 14.3. The van der Waals surface area contributed by atoms with Crippen molar-refractivity contribution >= 4 is 21.6 Å². The van der Waals surface area contributed by atoms with Gasteiger partial charge in [-0.05, 0) is 60.6 Å². The summed E-state index contributed by atoms with van der Waals surface area (Å²) in [5, 5.41) is 9.15. The molecule has 120 valence electrons. The van der Waals surface area contributed by atoms with Gasteiger partial charge in [0.1, 0.15) is 0 Å². The van der Waals surface area contributed by atoms with Crippen molar-refractivity contribution < 1.29 is 8.78 Å². The van der Waals surface area contributed by atoms with Crippen molar-refractivity contribution in [2.24, 2.45) is 10.4 Å². The molecule has 2 aromatic rings. The predicted octanol–water partition coefficient (Wildman–Crippen LogP) is 4.73. The van der Waals surface area contributed by atoms with Crippen LogP contribution in [0, 0.1) is 28.5 Å². The zero-order chi connectivity index (χ0) is 16.9. The van der Waals surface area contributed by atoms with Gasteiger partial charge in [0, 0.05) is 15.5 Å². The van der Waals surface area contributed by atoms with Gasteiger partial charge in [-0.3, -0.25) is 0 Å². The van der Waals surface area contributed by atoms with Gasteiger partial charge in [0.2, 0.25) is 6.19 Å². The Morgan fingerprint density at radius 3 is 2.67 bits per heavy atom. The van der Waals surface area contributed by atoms with Crippen molar-refractivity contribution in [3.05, 3.63) is 68.7 Å². The Morgan fingerprint density at radius 1 is 1.12 bits per heavy atom. The number of halogens is 3. The van der Waals surface area contributed by atoms with Crippen molar-refractivity contribution in [3.8, 4) is 6.19 Å². The molecule has 0 aromatic heterocycles. The first-order valence-electron chi connectivity index (χ1n) is 7.76. The minimum atomic E-state index is -0.797. The molecule has 0 fully saturated rings. The number of rotatable bonds is 0. The molecular formula is C19H13BrF2N2. The largest absolute Gasteiger partial charge is 0.205 e. The van der Waals surface area contributed by atoms with Crippen LogP contribution in [0.2, 0.25) is 0 Å². The minimum absolute atomic E-state index is 0.309. The Labute approximate surface area is 147 Å². The number of benzene rings is 2. The van der Waals surface area contributed by atoms with E-state index < -0.39 is 11.6 Å². The van der Waals surface area contributed by atoms with Crippen LogP contribution in [-0.2, 0) is 19.3 Å². The standard InChI is InChI=1S/C19H13BrF2N2/c20-13-3-1-12-9-19(18(24-10-23)15(12)7-13)6-5-14-11(8-19)2-4-16(21)17(14)22/h1-4,7H,5-6,8-9H2. The second-order valence-corrected chi connectivity index (χ2v) is 7.41. The maximum Gasteiger partial charge on any atom is 0.205 e. The normalized spacial score (nSPS) is 23.2. The van der Waals surface area contributed by atoms with Crippen LogP contribution in [-0.4, -0.2) is 5.71 Å². The highest BCUT2D eigenvalue weighted by Crippen LogP contribution is 2.47. The van der Waals surface area contributed by atoms with Gasteiger partial charge in [-0.25, -0.2) is 8.78 Å². The topological polar surface area (TPSA) is 36.1 Å². The lowest BCUT2D eigenvalue weighted by Crippen LogP contribution is -2.35. The van der Waals surface area contributed by atoms with E-state index in [9.17, 15) is 8.78 Å². The van der Waals surface area contributed by atoms with E-state index >= 15 is 0 Å². The summed E-state index contributed by atoms with van der Waals surface area (Å²) in [5.74, 6) is -1.53. The molecule has 2 nitrogen and oxygen atoms in total. The Kier molecular flexibility index (Phi) is 3.54. The van der Waals surface area contributed by atoms with Crippen molar-refractivity contribution in [2.45, 2.75) is 25.7 Å². The highest BCUT2D eigenvalue weighted by atomic mass is 79.9. The fourth-order valence-corrected chi connectivity index (χ4v) is 4.49. The van der Waals surface area contributed by atoms with E-state index in [1.165, 1.54) is 6.07 Å². The third kappa shape index (κ3) is 2.21. The van der Waals surface area contributed by atoms with E-state index in [0.717, 1.165) is 33.3 Å². The van der Waals surface area contributed by atoms with Crippen LogP contribution < -0.4 is 0 Å². The lowest BCUT2D eigenvalue weighted by Gasteiger charge is -2.35. The molecule has 0 saturated carbocycles. The molecule has 1 spiro atoms. The summed E-state index contributed by atoms with van der Waals surface area (Å²) in [6, 6.07) is 8.86. The number of aliphatic imine (C=N–C) groups is 1. The molecule has 0 bridgehead atoms. The van der Waals surface area contributed by atoms with Crippen molar-refractivity contribution in [2.75, 3.05) is 0 Å². The van der Waals surface area contributed by atoms with Crippen molar-refractivity contribution in [3.63, 3.8) is 0 Å².